The van der Waals surface area contributed by atoms with Gasteiger partial charge in [0.1, 0.15) is 0 Å². The van der Waals surface area contributed by atoms with Crippen LogP contribution in [0.25, 0.3) is 11.0 Å². The number of para-hydroxylation sites is 1. The van der Waals surface area contributed by atoms with Gasteiger partial charge in [-0.1, -0.05) is 12.1 Å². The zero-order valence-electron chi connectivity index (χ0n) is 12.4. The van der Waals surface area contributed by atoms with E-state index in [9.17, 15) is 4.79 Å². The van der Waals surface area contributed by atoms with Crippen molar-refractivity contribution in [1.29, 1.82) is 0 Å². The Morgan fingerprint density at radius 2 is 2.05 bits per heavy atom. The smallest absolute Gasteiger partial charge is 0.315 e. The molecule has 21 heavy (non-hydrogen) atoms. The highest BCUT2D eigenvalue weighted by Crippen LogP contribution is 2.29. The molecule has 4 rings (SSSR count). The Morgan fingerprint density at radius 3 is 2.71 bits per heavy atom. The maximum atomic E-state index is 12.8. The van der Waals surface area contributed by atoms with Crippen LogP contribution in [0.3, 0.4) is 0 Å². The van der Waals surface area contributed by atoms with Crippen molar-refractivity contribution < 1.29 is 0 Å². The summed E-state index contributed by atoms with van der Waals surface area (Å²) in [6.07, 6.45) is 2.22. The van der Waals surface area contributed by atoms with Gasteiger partial charge < -0.3 is 10.6 Å². The number of hydrogen-bond acceptors (Lipinski definition) is 3. The lowest BCUT2D eigenvalue weighted by atomic mass is 9.92. The summed E-state index contributed by atoms with van der Waals surface area (Å²) in [4.78, 5) is 12.8. The molecular weight excluding hydrogens is 264 g/mol. The van der Waals surface area contributed by atoms with Crippen molar-refractivity contribution in [2.75, 3.05) is 26.2 Å². The van der Waals surface area contributed by atoms with E-state index in [0.29, 0.717) is 5.92 Å². The molecule has 3 heterocycles. The van der Waals surface area contributed by atoms with Crippen LogP contribution in [0.4, 0.5) is 0 Å². The minimum atomic E-state index is 0.124. The van der Waals surface area contributed by atoms with E-state index in [2.05, 4.69) is 28.8 Å². The molecule has 2 aliphatic heterocycles. The number of aryl methyl sites for hydroxylation is 1. The van der Waals surface area contributed by atoms with Crippen molar-refractivity contribution in [3.8, 4) is 0 Å². The van der Waals surface area contributed by atoms with Crippen LogP contribution >= 0.6 is 0 Å². The van der Waals surface area contributed by atoms with Crippen molar-refractivity contribution in [1.82, 2.24) is 19.8 Å². The number of aromatic nitrogens is 2. The highest BCUT2D eigenvalue weighted by atomic mass is 16.1. The molecule has 2 aliphatic rings. The average molecular weight is 286 g/mol. The summed E-state index contributed by atoms with van der Waals surface area (Å²) in [6.45, 7) is 4.00. The van der Waals surface area contributed by atoms with E-state index < -0.39 is 0 Å². The molecule has 1 aromatic heterocycles. The zero-order chi connectivity index (χ0) is 14.4. The molecule has 2 aromatic rings. The average Bonchev–Trinajstić information content (AvgIpc) is 2.71. The Morgan fingerprint density at radius 1 is 1.19 bits per heavy atom. The molecule has 1 atom stereocenters. The van der Waals surface area contributed by atoms with Gasteiger partial charge in [-0.15, -0.1) is 0 Å². The van der Waals surface area contributed by atoms with E-state index in [1.165, 1.54) is 5.56 Å². The number of fused-ring (bicyclic) bond motifs is 1. The summed E-state index contributed by atoms with van der Waals surface area (Å²) in [5.41, 5.74) is 3.66. The second-order valence-electron chi connectivity index (χ2n) is 6.28. The van der Waals surface area contributed by atoms with Gasteiger partial charge in [-0.3, -0.25) is 9.13 Å². The molecular formula is C16H22N4O. The number of hydrogen-bond donors (Lipinski definition) is 2. The van der Waals surface area contributed by atoms with Gasteiger partial charge in [0.2, 0.25) is 0 Å². The Labute approximate surface area is 123 Å². The lowest BCUT2D eigenvalue weighted by Crippen LogP contribution is -2.40. The highest BCUT2D eigenvalue weighted by molar-refractivity contribution is 5.81. The molecule has 5 nitrogen and oxygen atoms in total. The molecule has 2 N–H and O–H groups in total. The van der Waals surface area contributed by atoms with E-state index in [1.807, 2.05) is 16.2 Å². The van der Waals surface area contributed by atoms with Crippen LogP contribution in [0.2, 0.25) is 0 Å². The lowest BCUT2D eigenvalue weighted by Gasteiger charge is -2.28. The van der Waals surface area contributed by atoms with Crippen LogP contribution in [0.5, 0.6) is 0 Å². The van der Waals surface area contributed by atoms with Gasteiger partial charge in [-0.05, 0) is 31.0 Å². The zero-order valence-corrected chi connectivity index (χ0v) is 12.4. The summed E-state index contributed by atoms with van der Waals surface area (Å²) in [7, 11) is 1.91. The van der Waals surface area contributed by atoms with Gasteiger partial charge >= 0.3 is 5.69 Å². The molecule has 5 heteroatoms. The number of benzene rings is 1. The third-order valence-corrected chi connectivity index (χ3v) is 4.99. The second-order valence-corrected chi connectivity index (χ2v) is 6.28. The fraction of sp³-hybridized carbons (Fsp3) is 0.562. The molecule has 1 aromatic carbocycles. The maximum absolute atomic E-state index is 12.8. The first kappa shape index (κ1) is 13.1. The molecule has 0 bridgehead atoms. The molecule has 0 aliphatic carbocycles. The van der Waals surface area contributed by atoms with Gasteiger partial charge in [0.25, 0.3) is 0 Å². The van der Waals surface area contributed by atoms with E-state index in [0.717, 1.165) is 50.1 Å². The predicted octanol–water partition coefficient (Wildman–Crippen LogP) is 0.951. The number of nitrogens with one attached hydrogen (secondary N) is 2. The fourth-order valence-corrected chi connectivity index (χ4v) is 3.71. The molecule has 0 radical (unpaired) electrons. The minimum absolute atomic E-state index is 0.124. The molecule has 0 saturated carbocycles. The number of rotatable bonds is 2. The van der Waals surface area contributed by atoms with Crippen molar-refractivity contribution in [3.63, 3.8) is 0 Å². The monoisotopic (exact) mass is 286 g/mol. The van der Waals surface area contributed by atoms with Crippen LogP contribution in [0.1, 0.15) is 30.4 Å². The van der Waals surface area contributed by atoms with Crippen molar-refractivity contribution in [3.05, 3.63) is 34.2 Å². The fourth-order valence-electron chi connectivity index (χ4n) is 3.71. The normalized spacial score (nSPS) is 23.4. The lowest BCUT2D eigenvalue weighted by molar-refractivity contribution is 0.369. The molecule has 0 amide bonds. The summed E-state index contributed by atoms with van der Waals surface area (Å²) in [5.74, 6) is 0.541. The Balaban J connectivity index is 1.91. The third-order valence-electron chi connectivity index (χ3n) is 4.99. The van der Waals surface area contributed by atoms with Crippen molar-refractivity contribution in [2.24, 2.45) is 7.05 Å². The summed E-state index contributed by atoms with van der Waals surface area (Å²) in [5, 5.41) is 6.74. The van der Waals surface area contributed by atoms with E-state index in [-0.39, 0.29) is 11.7 Å². The van der Waals surface area contributed by atoms with Crippen LogP contribution in [-0.4, -0.2) is 35.3 Å². The predicted molar refractivity (Wildman–Crippen MR) is 83.9 cm³/mol. The first-order valence-electron chi connectivity index (χ1n) is 7.88. The topological polar surface area (TPSA) is 51.0 Å². The van der Waals surface area contributed by atoms with E-state index in [4.69, 9.17) is 0 Å². The first-order chi connectivity index (χ1) is 10.3. The number of piperidine rings is 1. The van der Waals surface area contributed by atoms with Crippen molar-refractivity contribution >= 4 is 11.0 Å². The van der Waals surface area contributed by atoms with Crippen LogP contribution in [-0.2, 0) is 7.05 Å². The molecule has 0 spiro atoms. The quantitative estimate of drug-likeness (QED) is 0.864. The van der Waals surface area contributed by atoms with Gasteiger partial charge in [0.05, 0.1) is 17.1 Å². The minimum Gasteiger partial charge on any atom is -0.315 e. The highest BCUT2D eigenvalue weighted by Gasteiger charge is 2.26. The van der Waals surface area contributed by atoms with E-state index >= 15 is 0 Å². The second kappa shape index (κ2) is 5.00. The molecule has 2 saturated heterocycles. The Bertz CT molecular complexity index is 720. The summed E-state index contributed by atoms with van der Waals surface area (Å²) < 4.78 is 3.86. The first-order valence-corrected chi connectivity index (χ1v) is 7.88. The number of imidazole rings is 1. The largest absolute Gasteiger partial charge is 0.329 e. The van der Waals surface area contributed by atoms with Crippen LogP contribution in [0.15, 0.2) is 23.0 Å². The van der Waals surface area contributed by atoms with Gasteiger partial charge in [0, 0.05) is 32.6 Å². The van der Waals surface area contributed by atoms with Gasteiger partial charge in [0.15, 0.2) is 0 Å². The van der Waals surface area contributed by atoms with E-state index in [1.54, 1.807) is 0 Å². The Hall–Kier alpha value is -1.59. The summed E-state index contributed by atoms with van der Waals surface area (Å²) >= 11 is 0. The van der Waals surface area contributed by atoms with Gasteiger partial charge in [-0.2, -0.15) is 0 Å². The van der Waals surface area contributed by atoms with Crippen molar-refractivity contribution in [2.45, 2.75) is 24.8 Å². The molecule has 1 unspecified atom stereocenters. The summed E-state index contributed by atoms with van der Waals surface area (Å²) in [6, 6.07) is 6.66. The molecule has 2 fully saturated rings. The van der Waals surface area contributed by atoms with Crippen LogP contribution in [0, 0.1) is 0 Å². The standard InChI is InChI=1S/C16H22N4O/c1-19-15-13(11-8-18-9-11)5-2-6-14(15)20(16(19)21)12-4-3-7-17-10-12/h2,5-6,11-12,17-18H,3-4,7-10H2,1H3. The maximum Gasteiger partial charge on any atom is 0.329 e. The molecule has 112 valence electrons. The SMILES string of the molecule is Cn1c(=O)n(C2CCCNC2)c2cccc(C3CNC3)c21. The third kappa shape index (κ3) is 1.95. The number of nitrogens with zero attached hydrogens (tertiary/aromatic N) is 2. The van der Waals surface area contributed by atoms with Crippen LogP contribution < -0.4 is 16.3 Å². The van der Waals surface area contributed by atoms with Gasteiger partial charge in [-0.25, -0.2) is 4.79 Å². The Kier molecular flexibility index (Phi) is 3.12.